The van der Waals surface area contributed by atoms with Gasteiger partial charge >= 0.3 is 0 Å². The number of hydrogen-bond donors (Lipinski definition) is 1. The predicted molar refractivity (Wildman–Crippen MR) is 98.0 cm³/mol. The van der Waals surface area contributed by atoms with Gasteiger partial charge in [0.1, 0.15) is 5.75 Å². The highest BCUT2D eigenvalue weighted by Gasteiger charge is 2.23. The highest BCUT2D eigenvalue weighted by molar-refractivity contribution is 5.79. The van der Waals surface area contributed by atoms with Crippen LogP contribution < -0.4 is 19.5 Å². The second kappa shape index (κ2) is 7.28. The summed E-state index contributed by atoms with van der Waals surface area (Å²) in [7, 11) is 1.71. The lowest BCUT2D eigenvalue weighted by Gasteiger charge is -2.27. The molecule has 1 atom stereocenters. The zero-order chi connectivity index (χ0) is 17.9. The summed E-state index contributed by atoms with van der Waals surface area (Å²) < 4.78 is 16.2. The summed E-state index contributed by atoms with van der Waals surface area (Å²) in [6.07, 6.45) is 3.59. The van der Waals surface area contributed by atoms with Crippen LogP contribution in [0, 0.1) is 0 Å². The van der Waals surface area contributed by atoms with E-state index in [1.165, 1.54) is 11.1 Å². The summed E-state index contributed by atoms with van der Waals surface area (Å²) in [5, 5.41) is 3.10. The molecule has 1 N–H and O–H groups in total. The normalized spacial score (nSPS) is 17.5. The fraction of sp³-hybridized carbons (Fsp3) is 0.381. The van der Waals surface area contributed by atoms with Crippen LogP contribution in [-0.4, -0.2) is 26.4 Å². The fourth-order valence-corrected chi connectivity index (χ4v) is 3.85. The van der Waals surface area contributed by atoms with Gasteiger partial charge in [0.15, 0.2) is 11.5 Å². The smallest absolute Gasteiger partial charge is 0.231 e. The van der Waals surface area contributed by atoms with Gasteiger partial charge in [0, 0.05) is 12.5 Å². The molecule has 1 heterocycles. The van der Waals surface area contributed by atoms with Crippen LogP contribution in [-0.2, 0) is 17.6 Å². The van der Waals surface area contributed by atoms with E-state index in [1.807, 2.05) is 30.3 Å². The van der Waals surface area contributed by atoms with E-state index in [0.717, 1.165) is 36.3 Å². The zero-order valence-corrected chi connectivity index (χ0v) is 14.9. The van der Waals surface area contributed by atoms with Crippen molar-refractivity contribution in [3.05, 3.63) is 53.1 Å². The average Bonchev–Trinajstić information content (AvgIpc) is 3.13. The van der Waals surface area contributed by atoms with Crippen molar-refractivity contribution in [2.45, 2.75) is 31.6 Å². The van der Waals surface area contributed by atoms with Gasteiger partial charge in [-0.05, 0) is 54.2 Å². The van der Waals surface area contributed by atoms with Gasteiger partial charge in [-0.15, -0.1) is 0 Å². The van der Waals surface area contributed by atoms with Gasteiger partial charge in [0.05, 0.1) is 13.5 Å². The second-order valence-electron chi connectivity index (χ2n) is 6.79. The summed E-state index contributed by atoms with van der Waals surface area (Å²) in [6, 6.07) is 11.8. The van der Waals surface area contributed by atoms with E-state index in [9.17, 15) is 4.79 Å². The summed E-state index contributed by atoms with van der Waals surface area (Å²) in [6.45, 7) is 0.902. The van der Waals surface area contributed by atoms with E-state index in [1.54, 1.807) is 7.11 Å². The average molecular weight is 353 g/mol. The van der Waals surface area contributed by atoms with Crippen LogP contribution in [0.5, 0.6) is 17.2 Å². The molecule has 2 aliphatic rings. The first-order chi connectivity index (χ1) is 12.7. The summed E-state index contributed by atoms with van der Waals surface area (Å²) in [5.74, 6) is 2.78. The maximum absolute atomic E-state index is 12.4. The minimum Gasteiger partial charge on any atom is -0.496 e. The Hall–Kier alpha value is -2.69. The third-order valence-corrected chi connectivity index (χ3v) is 5.16. The molecule has 0 spiro atoms. The van der Waals surface area contributed by atoms with Crippen LogP contribution in [0.4, 0.5) is 0 Å². The van der Waals surface area contributed by atoms with Gasteiger partial charge in [-0.3, -0.25) is 4.79 Å². The summed E-state index contributed by atoms with van der Waals surface area (Å²) in [4.78, 5) is 12.4. The number of amides is 1. The maximum atomic E-state index is 12.4. The number of carbonyl (C=O) groups excluding carboxylic acids is 1. The molecular formula is C21H23NO4. The van der Waals surface area contributed by atoms with Crippen molar-refractivity contribution in [3.63, 3.8) is 0 Å². The largest absolute Gasteiger partial charge is 0.496 e. The van der Waals surface area contributed by atoms with Gasteiger partial charge in [-0.1, -0.05) is 18.2 Å². The molecule has 0 aromatic heterocycles. The van der Waals surface area contributed by atoms with Gasteiger partial charge in [0.2, 0.25) is 12.7 Å². The van der Waals surface area contributed by atoms with Crippen LogP contribution in [0.2, 0.25) is 0 Å². The molecule has 1 amide bonds. The number of hydrogen-bond acceptors (Lipinski definition) is 4. The lowest BCUT2D eigenvalue weighted by atomic mass is 9.82. The zero-order valence-electron chi connectivity index (χ0n) is 14.9. The fourth-order valence-electron chi connectivity index (χ4n) is 3.85. The molecular weight excluding hydrogens is 330 g/mol. The highest BCUT2D eigenvalue weighted by Crippen LogP contribution is 2.36. The van der Waals surface area contributed by atoms with Gasteiger partial charge < -0.3 is 19.5 Å². The summed E-state index contributed by atoms with van der Waals surface area (Å²) in [5.41, 5.74) is 3.52. The Kier molecular flexibility index (Phi) is 4.69. The number of nitrogens with one attached hydrogen (secondary N) is 1. The van der Waals surface area contributed by atoms with E-state index >= 15 is 0 Å². The monoisotopic (exact) mass is 353 g/mol. The molecule has 0 saturated carbocycles. The van der Waals surface area contributed by atoms with E-state index in [4.69, 9.17) is 14.2 Å². The number of rotatable bonds is 5. The lowest BCUT2D eigenvalue weighted by molar-refractivity contribution is -0.120. The predicted octanol–water partition coefficient (Wildman–Crippen LogP) is 3.20. The number of carbonyl (C=O) groups is 1. The van der Waals surface area contributed by atoms with Crippen LogP contribution >= 0.6 is 0 Å². The van der Waals surface area contributed by atoms with Crippen molar-refractivity contribution in [1.29, 1.82) is 0 Å². The molecule has 0 fully saturated rings. The third-order valence-electron chi connectivity index (χ3n) is 5.16. The number of benzene rings is 2. The molecule has 2 aromatic rings. The molecule has 136 valence electrons. The first kappa shape index (κ1) is 16.8. The Morgan fingerprint density at radius 3 is 3.00 bits per heavy atom. The van der Waals surface area contributed by atoms with E-state index in [-0.39, 0.29) is 12.7 Å². The van der Waals surface area contributed by atoms with E-state index in [2.05, 4.69) is 11.4 Å². The standard InChI is InChI=1S/C21H23NO4/c1-24-18-7-3-5-16-15(4-2-6-17(16)18)12-22-21(23)11-14-8-9-19-20(10-14)26-13-25-19/h3,5,7-10,15H,2,4,6,11-13H2,1H3,(H,22,23)/t15-/m0/s1. The minimum atomic E-state index is 0.0267. The van der Waals surface area contributed by atoms with Gasteiger partial charge in [-0.2, -0.15) is 0 Å². The molecule has 0 saturated heterocycles. The number of methoxy groups -OCH3 is 1. The van der Waals surface area contributed by atoms with Crippen molar-refractivity contribution >= 4 is 5.91 Å². The number of ether oxygens (including phenoxy) is 3. The third kappa shape index (κ3) is 3.34. The Bertz CT molecular complexity index is 818. The van der Waals surface area contributed by atoms with Crippen molar-refractivity contribution in [2.24, 2.45) is 0 Å². The first-order valence-electron chi connectivity index (χ1n) is 9.05. The molecule has 5 heteroatoms. The Balaban J connectivity index is 1.38. The van der Waals surface area contributed by atoms with Crippen molar-refractivity contribution in [3.8, 4) is 17.2 Å². The Morgan fingerprint density at radius 2 is 2.12 bits per heavy atom. The molecule has 0 bridgehead atoms. The van der Waals surface area contributed by atoms with Crippen LogP contribution in [0.15, 0.2) is 36.4 Å². The Labute approximate surface area is 153 Å². The lowest BCUT2D eigenvalue weighted by Crippen LogP contribution is -2.31. The SMILES string of the molecule is COc1cccc2c1CCC[C@H]2CNC(=O)Cc1ccc2c(c1)OCO2. The molecule has 0 radical (unpaired) electrons. The molecule has 4 rings (SSSR count). The maximum Gasteiger partial charge on any atom is 0.231 e. The van der Waals surface area contributed by atoms with Crippen LogP contribution in [0.25, 0.3) is 0 Å². The molecule has 5 nitrogen and oxygen atoms in total. The quantitative estimate of drug-likeness (QED) is 0.897. The molecule has 2 aromatic carbocycles. The molecule has 26 heavy (non-hydrogen) atoms. The Morgan fingerprint density at radius 1 is 1.23 bits per heavy atom. The van der Waals surface area contributed by atoms with E-state index < -0.39 is 0 Å². The molecule has 1 aliphatic carbocycles. The molecule has 1 aliphatic heterocycles. The van der Waals surface area contributed by atoms with Gasteiger partial charge in [0.25, 0.3) is 0 Å². The minimum absolute atomic E-state index is 0.0267. The first-order valence-corrected chi connectivity index (χ1v) is 9.05. The topological polar surface area (TPSA) is 56.8 Å². The molecule has 0 unspecified atom stereocenters. The van der Waals surface area contributed by atoms with Crippen molar-refractivity contribution < 1.29 is 19.0 Å². The highest BCUT2D eigenvalue weighted by atomic mass is 16.7. The van der Waals surface area contributed by atoms with Crippen LogP contribution in [0.1, 0.15) is 35.4 Å². The van der Waals surface area contributed by atoms with Crippen molar-refractivity contribution in [2.75, 3.05) is 20.4 Å². The van der Waals surface area contributed by atoms with Crippen molar-refractivity contribution in [1.82, 2.24) is 5.32 Å². The van der Waals surface area contributed by atoms with Gasteiger partial charge in [-0.25, -0.2) is 0 Å². The number of fused-ring (bicyclic) bond motifs is 2. The second-order valence-corrected chi connectivity index (χ2v) is 6.79. The van der Waals surface area contributed by atoms with E-state index in [0.29, 0.717) is 24.6 Å². The summed E-state index contributed by atoms with van der Waals surface area (Å²) >= 11 is 0. The van der Waals surface area contributed by atoms with Crippen LogP contribution in [0.3, 0.4) is 0 Å².